The van der Waals surface area contributed by atoms with Gasteiger partial charge in [-0.3, -0.25) is 9.78 Å². The molecule has 0 radical (unpaired) electrons. The molecule has 3 nitrogen and oxygen atoms in total. The summed E-state index contributed by atoms with van der Waals surface area (Å²) in [7, 11) is 0. The third kappa shape index (κ3) is 7.13. The lowest BCUT2D eigenvalue weighted by atomic mass is 9.98. The van der Waals surface area contributed by atoms with Crippen LogP contribution in [0.5, 0.6) is 0 Å². The number of anilines is 1. The van der Waals surface area contributed by atoms with E-state index in [2.05, 4.69) is 103 Å². The molecule has 35 heavy (non-hydrogen) atoms. The van der Waals surface area contributed by atoms with E-state index in [1.165, 1.54) is 22.4 Å². The quantitative estimate of drug-likeness (QED) is 0.237. The first-order valence-electron chi connectivity index (χ1n) is 12.5. The van der Waals surface area contributed by atoms with E-state index in [0.717, 1.165) is 30.6 Å². The molecule has 178 valence electrons. The summed E-state index contributed by atoms with van der Waals surface area (Å²) in [6.45, 7) is 6.32. The molecule has 0 aliphatic heterocycles. The van der Waals surface area contributed by atoms with Gasteiger partial charge in [0.25, 0.3) is 0 Å². The lowest BCUT2D eigenvalue weighted by Gasteiger charge is -2.28. The monoisotopic (exact) mass is 462 g/mol. The molecule has 3 heteroatoms. The Morgan fingerprint density at radius 2 is 1.57 bits per heavy atom. The van der Waals surface area contributed by atoms with Crippen LogP contribution in [0.2, 0.25) is 0 Å². The van der Waals surface area contributed by atoms with E-state index >= 15 is 0 Å². The smallest absolute Gasteiger partial charge is 0.137 e. The summed E-state index contributed by atoms with van der Waals surface area (Å²) >= 11 is 0. The van der Waals surface area contributed by atoms with E-state index in [4.69, 9.17) is 0 Å². The number of carbonyl (C=O) groups is 1. The zero-order chi connectivity index (χ0) is 24.5. The number of Topliss-reactive ketones (excluding diaryl/α,β-unsaturated/α-hetero) is 1. The van der Waals surface area contributed by atoms with Crippen molar-refractivity contribution in [3.8, 4) is 11.1 Å². The SMILES string of the molecule is CC(C)CN(Cc1ccccc1-c1ccccc1)c1ccc(CC(=O)CCc2cccnc2)cc1. The minimum atomic E-state index is 0.262. The van der Waals surface area contributed by atoms with Crippen molar-refractivity contribution in [1.82, 2.24) is 4.98 Å². The van der Waals surface area contributed by atoms with Crippen molar-refractivity contribution in [2.45, 2.75) is 39.7 Å². The second kappa shape index (κ2) is 12.1. The normalized spacial score (nSPS) is 10.9. The van der Waals surface area contributed by atoms with Crippen molar-refractivity contribution in [1.29, 1.82) is 0 Å². The Morgan fingerprint density at radius 3 is 2.29 bits per heavy atom. The fourth-order valence-corrected chi connectivity index (χ4v) is 4.44. The number of benzene rings is 3. The predicted molar refractivity (Wildman–Crippen MR) is 145 cm³/mol. The number of aryl methyl sites for hydroxylation is 1. The van der Waals surface area contributed by atoms with Crippen LogP contribution >= 0.6 is 0 Å². The van der Waals surface area contributed by atoms with Crippen LogP contribution in [0.1, 0.15) is 37.0 Å². The second-order valence-electron chi connectivity index (χ2n) is 9.54. The lowest BCUT2D eigenvalue weighted by Crippen LogP contribution is -2.27. The van der Waals surface area contributed by atoms with Crippen molar-refractivity contribution in [3.63, 3.8) is 0 Å². The summed E-state index contributed by atoms with van der Waals surface area (Å²) in [6, 6.07) is 31.7. The van der Waals surface area contributed by atoms with E-state index in [9.17, 15) is 4.79 Å². The number of ketones is 1. The third-order valence-corrected chi connectivity index (χ3v) is 6.17. The molecule has 4 rings (SSSR count). The lowest BCUT2D eigenvalue weighted by molar-refractivity contribution is -0.118. The second-order valence-corrected chi connectivity index (χ2v) is 9.54. The summed E-state index contributed by atoms with van der Waals surface area (Å²) in [4.78, 5) is 19.1. The van der Waals surface area contributed by atoms with Gasteiger partial charge in [0.2, 0.25) is 0 Å². The van der Waals surface area contributed by atoms with Gasteiger partial charge in [-0.15, -0.1) is 0 Å². The van der Waals surface area contributed by atoms with Crippen molar-refractivity contribution >= 4 is 11.5 Å². The summed E-state index contributed by atoms with van der Waals surface area (Å²) in [6.07, 6.45) is 5.36. The van der Waals surface area contributed by atoms with Gasteiger partial charge in [-0.2, -0.15) is 0 Å². The van der Waals surface area contributed by atoms with Gasteiger partial charge < -0.3 is 4.90 Å². The van der Waals surface area contributed by atoms with Gasteiger partial charge in [-0.05, 0) is 58.4 Å². The van der Waals surface area contributed by atoms with Crippen molar-refractivity contribution in [3.05, 3.63) is 120 Å². The molecule has 0 spiro atoms. The van der Waals surface area contributed by atoms with Gasteiger partial charge in [0, 0.05) is 44.0 Å². The number of carbonyl (C=O) groups excluding carboxylic acids is 1. The number of pyridine rings is 1. The van der Waals surface area contributed by atoms with E-state index in [1.807, 2.05) is 18.3 Å². The molecule has 3 aromatic carbocycles. The number of hydrogen-bond donors (Lipinski definition) is 0. The number of nitrogens with zero attached hydrogens (tertiary/aromatic N) is 2. The summed E-state index contributed by atoms with van der Waals surface area (Å²) < 4.78 is 0. The van der Waals surface area contributed by atoms with Crippen LogP contribution in [0.3, 0.4) is 0 Å². The predicted octanol–water partition coefficient (Wildman–Crippen LogP) is 7.16. The molecule has 0 atom stereocenters. The molecule has 1 aromatic heterocycles. The van der Waals surface area contributed by atoms with Crippen LogP contribution in [0, 0.1) is 5.92 Å². The van der Waals surface area contributed by atoms with Crippen LogP contribution in [0.4, 0.5) is 5.69 Å². The number of aromatic nitrogens is 1. The Morgan fingerprint density at radius 1 is 0.829 bits per heavy atom. The van der Waals surface area contributed by atoms with Gasteiger partial charge in [-0.25, -0.2) is 0 Å². The Kier molecular flexibility index (Phi) is 8.45. The van der Waals surface area contributed by atoms with Crippen molar-refractivity contribution in [2.24, 2.45) is 5.92 Å². The maximum absolute atomic E-state index is 12.5. The van der Waals surface area contributed by atoms with Gasteiger partial charge in [0.1, 0.15) is 5.78 Å². The summed E-state index contributed by atoms with van der Waals surface area (Å²) in [5.74, 6) is 0.796. The Balaban J connectivity index is 1.45. The van der Waals surface area contributed by atoms with Crippen molar-refractivity contribution in [2.75, 3.05) is 11.4 Å². The molecule has 0 aliphatic rings. The van der Waals surface area contributed by atoms with E-state index in [0.29, 0.717) is 18.8 Å². The van der Waals surface area contributed by atoms with Gasteiger partial charge in [0.05, 0.1) is 0 Å². The molecule has 4 aromatic rings. The maximum Gasteiger partial charge on any atom is 0.137 e. The average Bonchev–Trinajstić information content (AvgIpc) is 2.89. The number of hydrogen-bond acceptors (Lipinski definition) is 3. The number of rotatable bonds is 11. The summed E-state index contributed by atoms with van der Waals surface area (Å²) in [5.41, 5.74) is 7.20. The summed E-state index contributed by atoms with van der Waals surface area (Å²) in [5, 5.41) is 0. The molecule has 0 bridgehead atoms. The van der Waals surface area contributed by atoms with Gasteiger partial charge in [0.15, 0.2) is 0 Å². The highest BCUT2D eigenvalue weighted by Gasteiger charge is 2.13. The highest BCUT2D eigenvalue weighted by molar-refractivity contribution is 5.81. The Hall–Kier alpha value is -3.72. The van der Waals surface area contributed by atoms with E-state index in [-0.39, 0.29) is 5.78 Å². The van der Waals surface area contributed by atoms with Crippen LogP contribution in [-0.2, 0) is 24.2 Å². The van der Waals surface area contributed by atoms with Gasteiger partial charge in [-0.1, -0.05) is 86.6 Å². The van der Waals surface area contributed by atoms with Crippen molar-refractivity contribution < 1.29 is 4.79 Å². The molecular weight excluding hydrogens is 428 g/mol. The molecule has 0 amide bonds. The minimum Gasteiger partial charge on any atom is -0.367 e. The zero-order valence-corrected chi connectivity index (χ0v) is 20.7. The molecule has 1 heterocycles. The fourth-order valence-electron chi connectivity index (χ4n) is 4.44. The van der Waals surface area contributed by atoms with Gasteiger partial charge >= 0.3 is 0 Å². The highest BCUT2D eigenvalue weighted by Crippen LogP contribution is 2.27. The van der Waals surface area contributed by atoms with Crippen LogP contribution < -0.4 is 4.90 Å². The first-order chi connectivity index (χ1) is 17.1. The van der Waals surface area contributed by atoms with Crippen LogP contribution in [0.25, 0.3) is 11.1 Å². The maximum atomic E-state index is 12.5. The molecule has 0 fully saturated rings. The standard InChI is InChI=1S/C32H34N2O/c1-25(2)23-34(24-29-12-6-7-13-32(29)28-10-4-3-5-11-28)30-17-14-26(15-18-30)21-31(35)19-16-27-9-8-20-33-22-27/h3-15,17-18,20,22,25H,16,19,21,23-24H2,1-2H3. The third-order valence-electron chi connectivity index (χ3n) is 6.17. The zero-order valence-electron chi connectivity index (χ0n) is 20.7. The largest absolute Gasteiger partial charge is 0.367 e. The fraction of sp³-hybridized carbons (Fsp3) is 0.250. The first kappa shape index (κ1) is 24.4. The van der Waals surface area contributed by atoms with E-state index in [1.54, 1.807) is 6.20 Å². The van der Waals surface area contributed by atoms with Crippen LogP contribution in [0.15, 0.2) is 103 Å². The Labute approximate surface area is 209 Å². The topological polar surface area (TPSA) is 33.2 Å². The average molecular weight is 463 g/mol. The molecule has 0 saturated heterocycles. The van der Waals surface area contributed by atoms with E-state index < -0.39 is 0 Å². The van der Waals surface area contributed by atoms with Crippen LogP contribution in [-0.4, -0.2) is 17.3 Å². The molecule has 0 unspecified atom stereocenters. The first-order valence-corrected chi connectivity index (χ1v) is 12.5. The highest BCUT2D eigenvalue weighted by atomic mass is 16.1. The molecule has 0 aliphatic carbocycles. The Bertz CT molecular complexity index is 1200. The molecule has 0 saturated carbocycles. The molecule has 0 N–H and O–H groups in total. The minimum absolute atomic E-state index is 0.262. The molecular formula is C32H34N2O.